The molecule has 3 aromatic rings. The Balaban J connectivity index is 1.23. The maximum Gasteiger partial charge on any atom is 0.252 e. The number of thiophene rings is 1. The second-order valence-corrected chi connectivity index (χ2v) is 11.4. The van der Waals surface area contributed by atoms with Gasteiger partial charge in [0, 0.05) is 28.9 Å². The van der Waals surface area contributed by atoms with Gasteiger partial charge >= 0.3 is 0 Å². The van der Waals surface area contributed by atoms with Crippen molar-refractivity contribution in [2.24, 2.45) is 0 Å². The lowest BCUT2D eigenvalue weighted by atomic mass is 10.0. The first kappa shape index (κ1) is 19.8. The maximum atomic E-state index is 12.6. The first-order chi connectivity index (χ1) is 14.5. The third-order valence-electron chi connectivity index (χ3n) is 5.98. The zero-order valence-corrected chi connectivity index (χ0v) is 18.3. The van der Waals surface area contributed by atoms with Crippen LogP contribution in [0.5, 0.6) is 0 Å². The summed E-state index contributed by atoms with van der Waals surface area (Å²) >= 11 is 1.23. The fourth-order valence-corrected chi connectivity index (χ4v) is 7.32. The van der Waals surface area contributed by atoms with Gasteiger partial charge in [-0.1, -0.05) is 0 Å². The molecular weight excluding hydrogens is 420 g/mol. The molecule has 2 aliphatic rings. The van der Waals surface area contributed by atoms with E-state index in [1.54, 1.807) is 22.7 Å². The van der Waals surface area contributed by atoms with Crippen LogP contribution in [-0.2, 0) is 40.6 Å². The van der Waals surface area contributed by atoms with Gasteiger partial charge in [-0.15, -0.1) is 11.3 Å². The van der Waals surface area contributed by atoms with Crippen molar-refractivity contribution in [3.63, 3.8) is 0 Å². The molecule has 0 atom stereocenters. The van der Waals surface area contributed by atoms with Crippen molar-refractivity contribution in [2.75, 3.05) is 13.1 Å². The molecule has 1 saturated heterocycles. The largest absolute Gasteiger partial charge is 0.464 e. The van der Waals surface area contributed by atoms with E-state index in [0.717, 1.165) is 47.1 Å². The van der Waals surface area contributed by atoms with E-state index in [2.05, 4.69) is 17.4 Å². The van der Waals surface area contributed by atoms with Crippen molar-refractivity contribution < 1.29 is 17.6 Å². The predicted octanol–water partition coefficient (Wildman–Crippen LogP) is 3.63. The molecule has 3 heterocycles. The van der Waals surface area contributed by atoms with Gasteiger partial charge in [0.05, 0.1) is 19.2 Å². The minimum absolute atomic E-state index is 0.101. The summed E-state index contributed by atoms with van der Waals surface area (Å²) in [5.74, 6) is -0.101. The van der Waals surface area contributed by atoms with E-state index in [9.17, 15) is 13.2 Å². The Labute approximate surface area is 179 Å². The van der Waals surface area contributed by atoms with Crippen molar-refractivity contribution in [3.8, 4) is 0 Å². The highest BCUT2D eigenvalue weighted by molar-refractivity contribution is 7.91. The molecule has 2 aromatic heterocycles. The van der Waals surface area contributed by atoms with Crippen LogP contribution in [0.3, 0.4) is 0 Å². The highest BCUT2D eigenvalue weighted by atomic mass is 32.2. The molecule has 0 spiro atoms. The number of aryl methyl sites for hydroxylation is 2. The molecule has 5 rings (SSSR count). The smallest absolute Gasteiger partial charge is 0.252 e. The molecule has 0 radical (unpaired) electrons. The molecule has 30 heavy (non-hydrogen) atoms. The fraction of sp³-hybridized carbons (Fsp3) is 0.409. The van der Waals surface area contributed by atoms with Gasteiger partial charge in [0.15, 0.2) is 0 Å². The number of sulfonamides is 1. The molecule has 1 N–H and O–H groups in total. The van der Waals surface area contributed by atoms with E-state index in [-0.39, 0.29) is 12.3 Å². The zero-order valence-electron chi connectivity index (χ0n) is 16.6. The Morgan fingerprint density at radius 1 is 1.10 bits per heavy atom. The van der Waals surface area contributed by atoms with E-state index < -0.39 is 10.0 Å². The van der Waals surface area contributed by atoms with Crippen LogP contribution in [-0.4, -0.2) is 31.7 Å². The number of amides is 1. The second kappa shape index (κ2) is 7.83. The van der Waals surface area contributed by atoms with Crippen molar-refractivity contribution in [1.82, 2.24) is 9.62 Å². The van der Waals surface area contributed by atoms with Gasteiger partial charge < -0.3 is 9.73 Å². The number of carbonyl (C=O) groups excluding carboxylic acids is 1. The van der Waals surface area contributed by atoms with Gasteiger partial charge in [-0.3, -0.25) is 4.79 Å². The topological polar surface area (TPSA) is 79.6 Å². The molecule has 1 aliphatic heterocycles. The SMILES string of the molecule is O=C(Cc1coc2cc3c(cc12)CCC3)NCc1ccc(S(=O)(=O)N2CCCC2)s1. The van der Waals surface area contributed by atoms with E-state index >= 15 is 0 Å². The summed E-state index contributed by atoms with van der Waals surface area (Å²) in [7, 11) is -3.40. The molecule has 6 nitrogen and oxygen atoms in total. The van der Waals surface area contributed by atoms with Crippen molar-refractivity contribution in [3.05, 3.63) is 52.1 Å². The Morgan fingerprint density at radius 2 is 1.87 bits per heavy atom. The van der Waals surface area contributed by atoms with E-state index in [4.69, 9.17) is 4.42 Å². The zero-order chi connectivity index (χ0) is 20.7. The molecule has 1 fully saturated rings. The van der Waals surface area contributed by atoms with E-state index in [1.807, 2.05) is 0 Å². The van der Waals surface area contributed by atoms with Gasteiger partial charge in [0.25, 0.3) is 10.0 Å². The molecule has 1 aliphatic carbocycles. The lowest BCUT2D eigenvalue weighted by Crippen LogP contribution is -2.27. The standard InChI is InChI=1S/C22H24N2O4S2/c25-21(12-17-14-28-20-11-16-5-3-4-15(16)10-19(17)20)23-13-18-6-7-22(29-18)30(26,27)24-8-1-2-9-24/h6-7,10-11,14H,1-5,8-9,12-13H2,(H,23,25). The predicted molar refractivity (Wildman–Crippen MR) is 116 cm³/mol. The summed E-state index contributed by atoms with van der Waals surface area (Å²) in [6.07, 6.45) is 7.11. The van der Waals surface area contributed by atoms with Crippen LogP contribution < -0.4 is 5.32 Å². The minimum atomic E-state index is -3.40. The Kier molecular flexibility index (Phi) is 5.16. The van der Waals surface area contributed by atoms with Gasteiger partial charge in [-0.25, -0.2) is 8.42 Å². The Morgan fingerprint density at radius 3 is 2.67 bits per heavy atom. The molecule has 0 bridgehead atoms. The number of hydrogen-bond acceptors (Lipinski definition) is 5. The fourth-order valence-electron chi connectivity index (χ4n) is 4.35. The number of benzene rings is 1. The normalized spacial score (nSPS) is 16.9. The average molecular weight is 445 g/mol. The lowest BCUT2D eigenvalue weighted by molar-refractivity contribution is -0.120. The number of fused-ring (bicyclic) bond motifs is 2. The third-order valence-corrected chi connectivity index (χ3v) is 9.43. The van der Waals surface area contributed by atoms with Crippen LogP contribution >= 0.6 is 11.3 Å². The highest BCUT2D eigenvalue weighted by Gasteiger charge is 2.28. The molecule has 0 saturated carbocycles. The van der Waals surface area contributed by atoms with E-state index in [0.29, 0.717) is 23.8 Å². The quantitative estimate of drug-likeness (QED) is 0.630. The van der Waals surface area contributed by atoms with Crippen LogP contribution in [0.4, 0.5) is 0 Å². The van der Waals surface area contributed by atoms with E-state index in [1.165, 1.54) is 28.9 Å². The molecule has 1 amide bonds. The summed E-state index contributed by atoms with van der Waals surface area (Å²) in [6.45, 7) is 1.51. The summed E-state index contributed by atoms with van der Waals surface area (Å²) in [5.41, 5.74) is 4.44. The number of rotatable bonds is 6. The first-order valence-corrected chi connectivity index (χ1v) is 12.6. The van der Waals surface area contributed by atoms with Gasteiger partial charge in [0.2, 0.25) is 5.91 Å². The average Bonchev–Trinajstić information content (AvgIpc) is 3.52. The third kappa shape index (κ3) is 3.68. The molecule has 8 heteroatoms. The highest BCUT2D eigenvalue weighted by Crippen LogP contribution is 2.31. The lowest BCUT2D eigenvalue weighted by Gasteiger charge is -2.13. The first-order valence-electron chi connectivity index (χ1n) is 10.4. The molecule has 0 unspecified atom stereocenters. The molecule has 1 aromatic carbocycles. The number of furan rings is 1. The van der Waals surface area contributed by atoms with Crippen molar-refractivity contribution >= 4 is 38.2 Å². The molecular formula is C22H24N2O4S2. The maximum absolute atomic E-state index is 12.6. The van der Waals surface area contributed by atoms with Crippen LogP contribution in [0.2, 0.25) is 0 Å². The summed E-state index contributed by atoms with van der Waals surface area (Å²) in [5, 5.41) is 3.92. The van der Waals surface area contributed by atoms with Gasteiger partial charge in [0.1, 0.15) is 9.79 Å². The van der Waals surface area contributed by atoms with Crippen molar-refractivity contribution in [2.45, 2.75) is 49.3 Å². The molecule has 158 valence electrons. The summed E-state index contributed by atoms with van der Waals surface area (Å²) in [4.78, 5) is 13.3. The van der Waals surface area contributed by atoms with Crippen LogP contribution in [0.25, 0.3) is 11.0 Å². The number of carbonyl (C=O) groups is 1. The van der Waals surface area contributed by atoms with Crippen molar-refractivity contribution in [1.29, 1.82) is 0 Å². The minimum Gasteiger partial charge on any atom is -0.464 e. The Hall–Kier alpha value is -2.16. The van der Waals surface area contributed by atoms with Gasteiger partial charge in [-0.05, 0) is 67.5 Å². The second-order valence-electron chi connectivity index (χ2n) is 8.02. The van der Waals surface area contributed by atoms with Crippen LogP contribution in [0.1, 0.15) is 40.8 Å². The van der Waals surface area contributed by atoms with Gasteiger partial charge in [-0.2, -0.15) is 4.31 Å². The monoisotopic (exact) mass is 444 g/mol. The summed E-state index contributed by atoms with van der Waals surface area (Å²) in [6, 6.07) is 7.69. The number of nitrogens with zero attached hydrogens (tertiary/aromatic N) is 1. The van der Waals surface area contributed by atoms with Crippen LogP contribution in [0.15, 0.2) is 39.2 Å². The van der Waals surface area contributed by atoms with Crippen LogP contribution in [0, 0.1) is 0 Å². The number of hydrogen-bond donors (Lipinski definition) is 1. The summed E-state index contributed by atoms with van der Waals surface area (Å²) < 4.78 is 32.9. The number of nitrogens with one attached hydrogen (secondary N) is 1. The Bertz CT molecular complexity index is 1200.